The first-order chi connectivity index (χ1) is 20.0. The van der Waals surface area contributed by atoms with E-state index in [1.54, 1.807) is 18.2 Å². The molecule has 8 nitrogen and oxygen atoms in total. The number of nitrogens with zero attached hydrogens (tertiary/aromatic N) is 2. The molecule has 232 valence electrons. The number of fused-ring (bicyclic) bond motifs is 1. The number of sulfonamides is 1. The Kier molecular flexibility index (Phi) is 9.98. The van der Waals surface area contributed by atoms with Gasteiger partial charge in [-0.05, 0) is 94.6 Å². The van der Waals surface area contributed by atoms with Gasteiger partial charge in [0.25, 0.3) is 15.9 Å². The Morgan fingerprint density at radius 2 is 1.81 bits per heavy atom. The summed E-state index contributed by atoms with van der Waals surface area (Å²) in [5.41, 5.74) is 5.05. The van der Waals surface area contributed by atoms with Crippen LogP contribution in [-0.2, 0) is 20.2 Å². The number of methoxy groups -OCH3 is 1. The molecule has 2 aliphatic rings. The molecule has 0 saturated carbocycles. The summed E-state index contributed by atoms with van der Waals surface area (Å²) in [4.78, 5) is 16.7. The van der Waals surface area contributed by atoms with Gasteiger partial charge in [0.1, 0.15) is 22.7 Å². The Hall–Kier alpha value is -2.89. The molecule has 12 heteroatoms. The zero-order valence-corrected chi connectivity index (χ0v) is 26.6. The van der Waals surface area contributed by atoms with E-state index in [9.17, 15) is 13.2 Å². The van der Waals surface area contributed by atoms with Crippen molar-refractivity contribution < 1.29 is 27.1 Å². The molecule has 0 bridgehead atoms. The number of carbonyl (C=O) groups is 1. The van der Waals surface area contributed by atoms with Crippen molar-refractivity contribution in [2.45, 2.75) is 62.1 Å². The first kappa shape index (κ1) is 33.0. The average molecular weight is 653 g/mol. The van der Waals surface area contributed by atoms with Gasteiger partial charge in [-0.2, -0.15) is 0 Å². The first-order valence-electron chi connectivity index (χ1n) is 14.0. The van der Waals surface area contributed by atoms with E-state index < -0.39 is 27.2 Å². The Morgan fingerprint density at radius 3 is 2.42 bits per heavy atom. The molecule has 1 amide bonds. The Morgan fingerprint density at radius 1 is 1.12 bits per heavy atom. The summed E-state index contributed by atoms with van der Waals surface area (Å²) in [5.74, 6) is -0.709. The lowest BCUT2D eigenvalue weighted by Gasteiger charge is -2.31. The van der Waals surface area contributed by atoms with Crippen LogP contribution in [0, 0.1) is 5.82 Å². The van der Waals surface area contributed by atoms with Crippen molar-refractivity contribution in [1.82, 2.24) is 4.90 Å². The molecule has 1 fully saturated rings. The van der Waals surface area contributed by atoms with Gasteiger partial charge in [-0.1, -0.05) is 29.8 Å². The molecule has 3 aromatic rings. The number of amides is 1. The molecule has 0 aromatic heterocycles. The lowest BCUT2D eigenvalue weighted by Crippen LogP contribution is -2.45. The van der Waals surface area contributed by atoms with Crippen LogP contribution in [0.5, 0.6) is 11.5 Å². The maximum atomic E-state index is 15.7. The summed E-state index contributed by atoms with van der Waals surface area (Å²) in [7, 11) is -3.05. The van der Waals surface area contributed by atoms with E-state index >= 15 is 4.39 Å². The number of hydrogen-bond donors (Lipinski definition) is 1. The number of benzene rings is 3. The quantitative estimate of drug-likeness (QED) is 0.292. The minimum absolute atomic E-state index is 0. The van der Waals surface area contributed by atoms with E-state index in [0.717, 1.165) is 23.7 Å². The SMILES string of the molecule is COc1cc2c(cc1Cl)C(CCCN1CCC[C@@H]1N)(c1ccccc1F)C(=O)N2S(=O)(=O)c1ccc(OC(C)C)cc1.Cl. The normalized spacial score (nSPS) is 20.3. The topological polar surface area (TPSA) is 102 Å². The lowest BCUT2D eigenvalue weighted by molar-refractivity contribution is -0.121. The summed E-state index contributed by atoms with van der Waals surface area (Å²) in [5, 5.41) is 0.181. The fraction of sp³-hybridized carbons (Fsp3) is 0.387. The van der Waals surface area contributed by atoms with Crippen molar-refractivity contribution in [3.63, 3.8) is 0 Å². The number of ether oxygens (including phenoxy) is 2. The molecule has 0 radical (unpaired) electrons. The molecule has 2 aliphatic heterocycles. The average Bonchev–Trinajstić information content (AvgIpc) is 3.46. The zero-order chi connectivity index (χ0) is 30.2. The maximum absolute atomic E-state index is 15.7. The molecule has 1 saturated heterocycles. The van der Waals surface area contributed by atoms with Crippen molar-refractivity contribution in [2.24, 2.45) is 5.73 Å². The second-order valence-corrected chi connectivity index (χ2v) is 13.1. The van der Waals surface area contributed by atoms with Crippen molar-refractivity contribution in [3.8, 4) is 11.5 Å². The Balaban J connectivity index is 0.00000423. The van der Waals surface area contributed by atoms with Gasteiger partial charge in [0.2, 0.25) is 0 Å². The summed E-state index contributed by atoms with van der Waals surface area (Å²) >= 11 is 6.57. The van der Waals surface area contributed by atoms with Crippen molar-refractivity contribution in [2.75, 3.05) is 24.5 Å². The number of hydrogen-bond acceptors (Lipinski definition) is 7. The standard InChI is InChI=1S/C31H35ClFN3O5S.ClH/c1-20(2)41-21-11-13-22(14-12-21)42(38,39)36-27-19-28(40-3)25(32)18-24(27)31(30(36)37,23-8-4-5-9-26(23)33)15-7-17-35-16-6-10-29(35)34;/h4-5,8-9,11-14,18-20,29H,6-7,10,15-17,34H2,1-3H3;1H/t29-,31?;/m1./s1. The van der Waals surface area contributed by atoms with Crippen LogP contribution in [0.15, 0.2) is 65.6 Å². The van der Waals surface area contributed by atoms with Gasteiger partial charge in [0.15, 0.2) is 0 Å². The number of rotatable bonds is 10. The largest absolute Gasteiger partial charge is 0.495 e. The third-order valence-electron chi connectivity index (χ3n) is 7.98. The van der Waals surface area contributed by atoms with Gasteiger partial charge in [0, 0.05) is 11.6 Å². The lowest BCUT2D eigenvalue weighted by atomic mass is 9.72. The van der Waals surface area contributed by atoms with E-state index in [-0.39, 0.29) is 58.0 Å². The van der Waals surface area contributed by atoms with Crippen LogP contribution >= 0.6 is 24.0 Å². The van der Waals surface area contributed by atoms with Crippen LogP contribution in [0.3, 0.4) is 0 Å². The van der Waals surface area contributed by atoms with Crippen molar-refractivity contribution >= 4 is 45.6 Å². The molecule has 3 aromatic carbocycles. The van der Waals surface area contributed by atoms with Crippen LogP contribution in [0.2, 0.25) is 5.02 Å². The van der Waals surface area contributed by atoms with Crippen LogP contribution in [0.4, 0.5) is 10.1 Å². The van der Waals surface area contributed by atoms with Gasteiger partial charge in [-0.25, -0.2) is 17.1 Å². The Labute approximate surface area is 263 Å². The van der Waals surface area contributed by atoms with Crippen molar-refractivity contribution in [1.29, 1.82) is 0 Å². The molecule has 2 N–H and O–H groups in total. The highest BCUT2D eigenvalue weighted by molar-refractivity contribution is 7.93. The van der Waals surface area contributed by atoms with Gasteiger partial charge in [-0.15, -0.1) is 12.4 Å². The number of anilines is 1. The first-order valence-corrected chi connectivity index (χ1v) is 15.8. The fourth-order valence-electron chi connectivity index (χ4n) is 6.03. The number of likely N-dealkylation sites (tertiary alicyclic amines) is 1. The van der Waals surface area contributed by atoms with Gasteiger partial charge in [0.05, 0.1) is 35.0 Å². The summed E-state index contributed by atoms with van der Waals surface area (Å²) in [6, 6.07) is 14.8. The second kappa shape index (κ2) is 13.0. The van der Waals surface area contributed by atoms with E-state index in [2.05, 4.69) is 4.90 Å². The van der Waals surface area contributed by atoms with Crippen molar-refractivity contribution in [3.05, 3.63) is 82.6 Å². The van der Waals surface area contributed by atoms with Crippen LogP contribution in [-0.4, -0.2) is 51.7 Å². The predicted octanol–water partition coefficient (Wildman–Crippen LogP) is 5.88. The minimum Gasteiger partial charge on any atom is -0.495 e. The van der Waals surface area contributed by atoms with Gasteiger partial charge in [-0.3, -0.25) is 9.69 Å². The maximum Gasteiger partial charge on any atom is 0.270 e. The monoisotopic (exact) mass is 651 g/mol. The highest BCUT2D eigenvalue weighted by Gasteiger charge is 2.57. The predicted molar refractivity (Wildman–Crippen MR) is 167 cm³/mol. The summed E-state index contributed by atoms with van der Waals surface area (Å²) < 4.78 is 56.0. The smallest absolute Gasteiger partial charge is 0.270 e. The van der Waals surface area contributed by atoms with Gasteiger partial charge >= 0.3 is 0 Å². The number of carbonyl (C=O) groups excluding carboxylic acids is 1. The Bertz CT molecular complexity index is 1590. The summed E-state index contributed by atoms with van der Waals surface area (Å²) in [6.45, 7) is 5.14. The van der Waals surface area contributed by atoms with E-state index in [1.165, 1.54) is 49.6 Å². The molecule has 2 heterocycles. The second-order valence-electron chi connectivity index (χ2n) is 11.0. The van der Waals surface area contributed by atoms with Gasteiger partial charge < -0.3 is 15.2 Å². The highest BCUT2D eigenvalue weighted by atomic mass is 35.5. The van der Waals surface area contributed by atoms with E-state index in [0.29, 0.717) is 24.3 Å². The molecule has 5 rings (SSSR count). The molecule has 0 spiro atoms. The molecular weight excluding hydrogens is 616 g/mol. The minimum atomic E-state index is -4.45. The van der Waals surface area contributed by atoms with Crippen LogP contribution in [0.1, 0.15) is 50.7 Å². The number of halogens is 3. The van der Waals surface area contributed by atoms with E-state index in [4.69, 9.17) is 26.8 Å². The molecule has 1 unspecified atom stereocenters. The third-order valence-corrected chi connectivity index (χ3v) is 9.98. The number of nitrogens with two attached hydrogens (primary N) is 1. The summed E-state index contributed by atoms with van der Waals surface area (Å²) in [6.07, 6.45) is 2.27. The zero-order valence-electron chi connectivity index (χ0n) is 24.3. The van der Waals surface area contributed by atoms with Crippen LogP contribution in [0.25, 0.3) is 0 Å². The molecule has 0 aliphatic carbocycles. The van der Waals surface area contributed by atoms with Crippen LogP contribution < -0.4 is 19.5 Å². The fourth-order valence-corrected chi connectivity index (χ4v) is 7.75. The molecular formula is C31H36Cl2FN3O5S. The molecule has 43 heavy (non-hydrogen) atoms. The molecule has 2 atom stereocenters. The van der Waals surface area contributed by atoms with E-state index in [1.807, 2.05) is 13.8 Å². The third kappa shape index (κ3) is 5.95. The highest BCUT2D eigenvalue weighted by Crippen LogP contribution is 2.53.